The average molecular weight is 785 g/mol. The number of piperidine rings is 1. The predicted molar refractivity (Wildman–Crippen MR) is 167 cm³/mol. The zero-order valence-corrected chi connectivity index (χ0v) is 28.0. The highest BCUT2D eigenvalue weighted by atomic mass is 19.4. The topological polar surface area (TPSA) is 179 Å². The first-order valence-corrected chi connectivity index (χ1v) is 15.8. The zero-order chi connectivity index (χ0) is 40.5. The van der Waals surface area contributed by atoms with Crippen molar-refractivity contribution in [2.45, 2.75) is 70.4 Å². The van der Waals surface area contributed by atoms with Gasteiger partial charge in [-0.15, -0.1) is 0 Å². The lowest BCUT2D eigenvalue weighted by atomic mass is 9.77. The largest absolute Gasteiger partial charge is 0.490 e. The van der Waals surface area contributed by atoms with E-state index in [-0.39, 0.29) is 11.0 Å². The number of likely N-dealkylation sites (tertiary alicyclic amines) is 1. The minimum atomic E-state index is -5.08. The molecule has 1 fully saturated rings. The molecule has 3 aliphatic rings. The van der Waals surface area contributed by atoms with Crippen LogP contribution in [0.3, 0.4) is 0 Å². The van der Waals surface area contributed by atoms with E-state index in [0.717, 1.165) is 87.7 Å². The molecule has 0 radical (unpaired) electrons. The van der Waals surface area contributed by atoms with Crippen LogP contribution < -0.4 is 5.56 Å². The number of hydrogen-bond acceptors (Lipinski definition) is 9. The molecule has 1 spiro atoms. The fraction of sp³-hybridized carbons (Fsp3) is 0.469. The molecule has 6 heterocycles. The van der Waals surface area contributed by atoms with Crippen molar-refractivity contribution < 1.29 is 69.2 Å². The molecule has 0 bridgehead atoms. The maximum absolute atomic E-state index is 13.5. The second kappa shape index (κ2) is 17.8. The first-order valence-electron chi connectivity index (χ1n) is 15.8. The fourth-order valence-corrected chi connectivity index (χ4v) is 5.77. The summed E-state index contributed by atoms with van der Waals surface area (Å²) in [5.41, 5.74) is 4.62. The highest BCUT2D eigenvalue weighted by molar-refractivity contribution is 5.73. The summed E-state index contributed by atoms with van der Waals surface area (Å²) in [6.45, 7) is 6.28. The number of halogens is 9. The summed E-state index contributed by atoms with van der Waals surface area (Å²) in [7, 11) is 0. The van der Waals surface area contributed by atoms with E-state index < -0.39 is 36.4 Å². The Hall–Kier alpha value is -5.12. The number of carboxylic acids is 3. The van der Waals surface area contributed by atoms with E-state index in [9.17, 15) is 44.3 Å². The maximum atomic E-state index is 13.5. The third-order valence-electron chi connectivity index (χ3n) is 8.39. The molecule has 0 aromatic carbocycles. The van der Waals surface area contributed by atoms with Gasteiger partial charge in [-0.2, -0.15) is 39.5 Å². The van der Waals surface area contributed by atoms with Crippen molar-refractivity contribution in [3.05, 3.63) is 87.6 Å². The first kappa shape index (κ1) is 43.3. The van der Waals surface area contributed by atoms with Gasteiger partial charge >= 0.3 is 36.4 Å². The van der Waals surface area contributed by atoms with E-state index in [1.54, 1.807) is 6.20 Å². The van der Waals surface area contributed by atoms with Gasteiger partial charge in [0.25, 0.3) is 5.56 Å². The lowest BCUT2D eigenvalue weighted by molar-refractivity contribution is -0.193. The number of pyridine rings is 2. The van der Waals surface area contributed by atoms with Gasteiger partial charge < -0.3 is 15.3 Å². The second-order valence-corrected chi connectivity index (χ2v) is 12.3. The average Bonchev–Trinajstić information content (AvgIpc) is 3.45. The van der Waals surface area contributed by atoms with Crippen LogP contribution in [0, 0.1) is 5.41 Å². The van der Waals surface area contributed by atoms with Crippen LogP contribution in [0.5, 0.6) is 0 Å². The van der Waals surface area contributed by atoms with Crippen LogP contribution in [0.15, 0.2) is 53.7 Å². The van der Waals surface area contributed by atoms with Crippen LogP contribution in [0.1, 0.15) is 41.2 Å². The molecular weight excluding hydrogens is 751 g/mol. The van der Waals surface area contributed by atoms with Gasteiger partial charge in [-0.3, -0.25) is 29.1 Å². The monoisotopic (exact) mass is 784 g/mol. The molecule has 0 unspecified atom stereocenters. The number of hydrogen-bond donors (Lipinski definition) is 3. The molecule has 296 valence electrons. The number of alkyl halides is 9. The summed E-state index contributed by atoms with van der Waals surface area (Å²) < 4.78 is 97.2. The number of rotatable bonds is 4. The standard InChI is InChI=1S/C26H30N6O.3C2HF3O2/c33-25-22-18-31(16-20-4-3-9-27-15-20)11-6-23(22)29-24-14-26(19-32(24)25)7-12-30(13-8-26)17-21-5-1-2-10-28-21;3*3-2(4,5)1(6)7/h1-5,9-10,15H,6-8,11-14,16-19H2;3*(H,6,7). The van der Waals surface area contributed by atoms with Crippen LogP contribution in [0.25, 0.3) is 0 Å². The predicted octanol–water partition coefficient (Wildman–Crippen LogP) is 4.33. The Morgan fingerprint density at radius 1 is 0.759 bits per heavy atom. The minimum Gasteiger partial charge on any atom is -0.475 e. The molecule has 0 amide bonds. The molecule has 13 nitrogen and oxygen atoms in total. The van der Waals surface area contributed by atoms with Gasteiger partial charge in [-0.25, -0.2) is 19.4 Å². The Morgan fingerprint density at radius 3 is 1.81 bits per heavy atom. The molecule has 0 aliphatic carbocycles. The van der Waals surface area contributed by atoms with Crippen LogP contribution >= 0.6 is 0 Å². The molecule has 3 aliphatic heterocycles. The highest BCUT2D eigenvalue weighted by Crippen LogP contribution is 2.41. The van der Waals surface area contributed by atoms with Crippen molar-refractivity contribution in [2.24, 2.45) is 5.41 Å². The van der Waals surface area contributed by atoms with Crippen molar-refractivity contribution in [2.75, 3.05) is 19.6 Å². The minimum absolute atomic E-state index is 0.180. The van der Waals surface area contributed by atoms with Crippen molar-refractivity contribution in [3.63, 3.8) is 0 Å². The van der Waals surface area contributed by atoms with E-state index in [4.69, 9.17) is 34.7 Å². The number of nitrogens with zero attached hydrogens (tertiary/aromatic N) is 6. The van der Waals surface area contributed by atoms with Crippen LogP contribution in [-0.2, 0) is 53.4 Å². The quantitative estimate of drug-likeness (QED) is 0.320. The van der Waals surface area contributed by atoms with E-state index in [0.29, 0.717) is 6.54 Å². The summed E-state index contributed by atoms with van der Waals surface area (Å²) in [6.07, 6.45) is -5.66. The van der Waals surface area contributed by atoms with E-state index in [1.807, 2.05) is 29.1 Å². The van der Waals surface area contributed by atoms with E-state index in [2.05, 4.69) is 38.0 Å². The summed E-state index contributed by atoms with van der Waals surface area (Å²) in [4.78, 5) is 58.8. The molecule has 22 heteroatoms. The van der Waals surface area contributed by atoms with Crippen LogP contribution in [-0.4, -0.2) is 101 Å². The molecule has 0 saturated carbocycles. The van der Waals surface area contributed by atoms with E-state index in [1.165, 1.54) is 5.56 Å². The fourth-order valence-electron chi connectivity index (χ4n) is 5.77. The normalized spacial score (nSPS) is 16.6. The van der Waals surface area contributed by atoms with Crippen molar-refractivity contribution >= 4 is 17.9 Å². The molecule has 3 aromatic heterocycles. The van der Waals surface area contributed by atoms with Gasteiger partial charge in [0.2, 0.25) is 0 Å². The van der Waals surface area contributed by atoms with Gasteiger partial charge in [0, 0.05) is 64.2 Å². The van der Waals surface area contributed by atoms with Crippen LogP contribution in [0.2, 0.25) is 0 Å². The SMILES string of the molecule is O=C(O)C(F)(F)F.O=C(O)C(F)(F)F.O=C(O)C(F)(F)F.O=c1c2c(nc3n1CC1(CCN(Cc4ccccn4)CC1)C3)CCN(Cc1cccnc1)C2. The van der Waals surface area contributed by atoms with Gasteiger partial charge in [0.1, 0.15) is 5.82 Å². The Morgan fingerprint density at radius 2 is 1.33 bits per heavy atom. The van der Waals surface area contributed by atoms with Gasteiger partial charge in [-0.1, -0.05) is 12.1 Å². The number of aliphatic carboxylic acids is 3. The lowest BCUT2D eigenvalue weighted by Crippen LogP contribution is -2.41. The third-order valence-corrected chi connectivity index (χ3v) is 8.39. The van der Waals surface area contributed by atoms with Crippen molar-refractivity contribution in [1.82, 2.24) is 29.3 Å². The Balaban J connectivity index is 0.000000307. The summed E-state index contributed by atoms with van der Waals surface area (Å²) in [6, 6.07) is 10.2. The molecule has 3 N–H and O–H groups in total. The number of aromatic nitrogens is 4. The Kier molecular flexibility index (Phi) is 14.3. The zero-order valence-electron chi connectivity index (χ0n) is 28.0. The van der Waals surface area contributed by atoms with Crippen LogP contribution in [0.4, 0.5) is 39.5 Å². The number of carbonyl (C=O) groups is 3. The summed E-state index contributed by atoms with van der Waals surface area (Å²) in [5, 5.41) is 21.4. The smallest absolute Gasteiger partial charge is 0.475 e. The maximum Gasteiger partial charge on any atom is 0.490 e. The first-order chi connectivity index (χ1) is 25.0. The van der Waals surface area contributed by atoms with Gasteiger partial charge in [-0.05, 0) is 55.1 Å². The molecule has 6 rings (SSSR count). The van der Waals surface area contributed by atoms with Crippen molar-refractivity contribution in [1.29, 1.82) is 0 Å². The van der Waals surface area contributed by atoms with Gasteiger partial charge in [0.05, 0.1) is 17.0 Å². The Labute approximate surface area is 299 Å². The number of fused-ring (bicyclic) bond motifs is 2. The molecule has 1 saturated heterocycles. The molecule has 0 atom stereocenters. The lowest BCUT2D eigenvalue weighted by Gasteiger charge is -2.38. The van der Waals surface area contributed by atoms with Crippen molar-refractivity contribution in [3.8, 4) is 0 Å². The Bertz CT molecular complexity index is 1740. The summed E-state index contributed by atoms with van der Waals surface area (Å²) in [5.74, 6) is -7.26. The van der Waals surface area contributed by atoms with Gasteiger partial charge in [0.15, 0.2) is 0 Å². The molecular formula is C32H33F9N6O7. The molecule has 3 aromatic rings. The number of carboxylic acid groups (broad SMARTS) is 3. The third kappa shape index (κ3) is 12.8. The van der Waals surface area contributed by atoms with E-state index >= 15 is 0 Å². The summed E-state index contributed by atoms with van der Waals surface area (Å²) >= 11 is 0. The molecule has 54 heavy (non-hydrogen) atoms. The second-order valence-electron chi connectivity index (χ2n) is 12.3. The highest BCUT2D eigenvalue weighted by Gasteiger charge is 2.43.